The Bertz CT molecular complexity index is 1230. The Morgan fingerprint density at radius 1 is 0.815 bits per heavy atom. The Morgan fingerprint density at radius 3 is 2.26 bits per heavy atom. The largest absolute Gasteiger partial charge is 0.338 e. The molecule has 0 bridgehead atoms. The van der Waals surface area contributed by atoms with Crippen LogP contribution >= 0.6 is 11.6 Å². The van der Waals surface area contributed by atoms with Crippen LogP contribution in [0.1, 0.15) is 0 Å². The summed E-state index contributed by atoms with van der Waals surface area (Å²) < 4.78 is 1.98. The van der Waals surface area contributed by atoms with Gasteiger partial charge in [0.25, 0.3) is 5.82 Å². The van der Waals surface area contributed by atoms with E-state index in [4.69, 9.17) is 11.6 Å². The second-order valence-electron chi connectivity index (χ2n) is 6.02. The average molecular weight is 374 g/mol. The first-order chi connectivity index (χ1) is 13.3. The number of nitrogens with one attached hydrogen (secondary N) is 2. The van der Waals surface area contributed by atoms with Crippen molar-refractivity contribution in [3.05, 3.63) is 78.6 Å². The summed E-state index contributed by atoms with van der Waals surface area (Å²) >= 11 is 6.15. The third-order valence-corrected chi connectivity index (χ3v) is 4.56. The lowest BCUT2D eigenvalue weighted by Crippen LogP contribution is -2.32. The number of H-pyrrole nitrogens is 2. The van der Waals surface area contributed by atoms with Gasteiger partial charge in [0.1, 0.15) is 5.69 Å². The minimum absolute atomic E-state index is 0.151. The fourth-order valence-electron chi connectivity index (χ4n) is 3.22. The summed E-state index contributed by atoms with van der Waals surface area (Å²) in [5.41, 5.74) is 5.35. The summed E-state index contributed by atoms with van der Waals surface area (Å²) in [5, 5.41) is 0.151. The molecule has 27 heavy (non-hydrogen) atoms. The fraction of sp³-hybridized carbons (Fsp3) is 0. The zero-order valence-corrected chi connectivity index (χ0v) is 14.9. The van der Waals surface area contributed by atoms with Gasteiger partial charge in [-0.05, 0) is 11.6 Å². The Morgan fingerprint density at radius 2 is 1.52 bits per heavy atom. The standard InChI is InChI=1S/C20H13ClN6/c21-20-25-18-16(22-11-23-18)19(26-20)27-12-24-15(13-7-3-1-4-8-13)17(27)14-9-5-2-6-10-14/h1-12H,(H,22,23,25,26)/p+1. The lowest BCUT2D eigenvalue weighted by atomic mass is 10.0. The van der Waals surface area contributed by atoms with Gasteiger partial charge in [-0.15, -0.1) is 0 Å². The minimum Gasteiger partial charge on any atom is -0.338 e. The molecule has 2 aromatic carbocycles. The highest BCUT2D eigenvalue weighted by Gasteiger charge is 2.25. The van der Waals surface area contributed by atoms with Crippen LogP contribution in [0.15, 0.2) is 73.3 Å². The zero-order valence-electron chi connectivity index (χ0n) is 14.1. The number of nitrogens with zero attached hydrogens (tertiary/aromatic N) is 4. The molecule has 0 aliphatic rings. The van der Waals surface area contributed by atoms with Crippen molar-refractivity contribution < 1.29 is 4.57 Å². The molecule has 5 rings (SSSR count). The van der Waals surface area contributed by atoms with Crippen LogP contribution in [0.4, 0.5) is 0 Å². The fourth-order valence-corrected chi connectivity index (χ4v) is 3.38. The van der Waals surface area contributed by atoms with E-state index in [-0.39, 0.29) is 5.28 Å². The summed E-state index contributed by atoms with van der Waals surface area (Å²) in [5.74, 6) is 0.639. The third kappa shape index (κ3) is 2.67. The molecule has 0 amide bonds. The van der Waals surface area contributed by atoms with Crippen molar-refractivity contribution in [2.75, 3.05) is 0 Å². The number of aromatic nitrogens is 6. The lowest BCUT2D eigenvalue weighted by Gasteiger charge is -2.05. The molecule has 0 unspecified atom stereocenters. The quantitative estimate of drug-likeness (QED) is 0.371. The SMILES string of the molecule is Clc1nc(-[n+]2c[nH]c(-c3ccccc3)c2-c2ccccc2)c2[nH]cnc2n1. The predicted molar refractivity (Wildman–Crippen MR) is 103 cm³/mol. The molecule has 7 heteroatoms. The molecule has 5 aromatic rings. The van der Waals surface area contributed by atoms with Crippen molar-refractivity contribution in [1.29, 1.82) is 0 Å². The second-order valence-corrected chi connectivity index (χ2v) is 6.35. The molecular weight excluding hydrogens is 360 g/mol. The molecular formula is C20H14ClN6+. The van der Waals surface area contributed by atoms with Crippen LogP contribution in [0.25, 0.3) is 39.5 Å². The van der Waals surface area contributed by atoms with E-state index in [2.05, 4.69) is 49.2 Å². The molecule has 130 valence electrons. The summed E-state index contributed by atoms with van der Waals surface area (Å²) in [6.07, 6.45) is 3.47. The van der Waals surface area contributed by atoms with Crippen LogP contribution in [0, 0.1) is 0 Å². The van der Waals surface area contributed by atoms with E-state index >= 15 is 0 Å². The van der Waals surface area contributed by atoms with Crippen molar-refractivity contribution in [1.82, 2.24) is 24.9 Å². The number of fused-ring (bicyclic) bond motifs is 1. The van der Waals surface area contributed by atoms with Gasteiger partial charge < -0.3 is 4.98 Å². The summed E-state index contributed by atoms with van der Waals surface area (Å²) in [6.45, 7) is 0. The summed E-state index contributed by atoms with van der Waals surface area (Å²) in [6, 6.07) is 20.3. The maximum Gasteiger partial charge on any atom is 0.301 e. The van der Waals surface area contributed by atoms with E-state index in [1.165, 1.54) is 0 Å². The number of benzene rings is 2. The number of aromatic amines is 2. The summed E-state index contributed by atoms with van der Waals surface area (Å²) in [4.78, 5) is 19.4. The smallest absolute Gasteiger partial charge is 0.301 e. The zero-order chi connectivity index (χ0) is 18.2. The van der Waals surface area contributed by atoms with E-state index in [0.29, 0.717) is 11.5 Å². The number of rotatable bonds is 3. The second kappa shape index (κ2) is 6.34. The Kier molecular flexibility index (Phi) is 3.69. The average Bonchev–Trinajstić information content (AvgIpc) is 3.35. The van der Waals surface area contributed by atoms with E-state index in [0.717, 1.165) is 28.0 Å². The highest BCUT2D eigenvalue weighted by molar-refractivity contribution is 6.28. The molecule has 3 aromatic heterocycles. The van der Waals surface area contributed by atoms with Gasteiger partial charge in [-0.2, -0.15) is 9.55 Å². The first-order valence-electron chi connectivity index (χ1n) is 8.42. The number of hydrogen-bond donors (Lipinski definition) is 2. The maximum absolute atomic E-state index is 6.15. The number of hydrogen-bond acceptors (Lipinski definition) is 3. The van der Waals surface area contributed by atoms with Crippen LogP contribution in [-0.4, -0.2) is 24.9 Å². The van der Waals surface area contributed by atoms with Gasteiger partial charge in [-0.25, -0.2) is 4.98 Å². The highest BCUT2D eigenvalue weighted by atomic mass is 35.5. The van der Waals surface area contributed by atoms with Crippen LogP contribution < -0.4 is 4.57 Å². The molecule has 0 radical (unpaired) electrons. The first-order valence-corrected chi connectivity index (χ1v) is 8.80. The van der Waals surface area contributed by atoms with E-state index < -0.39 is 0 Å². The van der Waals surface area contributed by atoms with Crippen molar-refractivity contribution in [2.24, 2.45) is 0 Å². The number of halogens is 1. The van der Waals surface area contributed by atoms with Crippen LogP contribution in [-0.2, 0) is 0 Å². The molecule has 0 atom stereocenters. The minimum atomic E-state index is 0.151. The monoisotopic (exact) mass is 373 g/mol. The van der Waals surface area contributed by atoms with Gasteiger partial charge in [0.15, 0.2) is 23.2 Å². The number of imidazole rings is 2. The molecule has 0 saturated heterocycles. The molecule has 0 aliphatic heterocycles. The van der Waals surface area contributed by atoms with E-state index in [9.17, 15) is 0 Å². The maximum atomic E-state index is 6.15. The van der Waals surface area contributed by atoms with Gasteiger partial charge in [-0.1, -0.05) is 65.6 Å². The normalized spacial score (nSPS) is 11.1. The van der Waals surface area contributed by atoms with Gasteiger partial charge in [0.05, 0.1) is 6.33 Å². The van der Waals surface area contributed by atoms with Crippen molar-refractivity contribution in [3.8, 4) is 28.3 Å². The Labute approximate surface area is 159 Å². The van der Waals surface area contributed by atoms with Crippen LogP contribution in [0.3, 0.4) is 0 Å². The molecule has 3 heterocycles. The van der Waals surface area contributed by atoms with Gasteiger partial charge >= 0.3 is 5.28 Å². The third-order valence-electron chi connectivity index (χ3n) is 4.39. The summed E-state index contributed by atoms with van der Waals surface area (Å²) in [7, 11) is 0. The van der Waals surface area contributed by atoms with Gasteiger partial charge in [0, 0.05) is 11.1 Å². The lowest BCUT2D eigenvalue weighted by molar-refractivity contribution is -0.584. The van der Waals surface area contributed by atoms with Crippen molar-refractivity contribution >= 4 is 22.8 Å². The van der Waals surface area contributed by atoms with E-state index in [1.807, 2.05) is 47.3 Å². The van der Waals surface area contributed by atoms with Crippen molar-refractivity contribution in [2.45, 2.75) is 0 Å². The molecule has 0 saturated carbocycles. The topological polar surface area (TPSA) is 74.1 Å². The predicted octanol–water partition coefficient (Wildman–Crippen LogP) is 3.95. The van der Waals surface area contributed by atoms with Gasteiger partial charge in [0.2, 0.25) is 0 Å². The van der Waals surface area contributed by atoms with Gasteiger partial charge in [-0.3, -0.25) is 4.98 Å². The van der Waals surface area contributed by atoms with Crippen molar-refractivity contribution in [3.63, 3.8) is 0 Å². The Hall–Kier alpha value is -3.51. The highest BCUT2D eigenvalue weighted by Crippen LogP contribution is 2.29. The Balaban J connectivity index is 1.83. The molecule has 2 N–H and O–H groups in total. The molecule has 0 fully saturated rings. The molecule has 6 nitrogen and oxygen atoms in total. The molecule has 0 spiro atoms. The van der Waals surface area contributed by atoms with Crippen LogP contribution in [0.2, 0.25) is 5.28 Å². The first kappa shape index (κ1) is 15.7. The van der Waals surface area contributed by atoms with E-state index in [1.54, 1.807) is 6.33 Å². The molecule has 0 aliphatic carbocycles. The van der Waals surface area contributed by atoms with Crippen LogP contribution in [0.5, 0.6) is 0 Å².